The zero-order valence-electron chi connectivity index (χ0n) is 13.7. The van der Waals surface area contributed by atoms with Crippen molar-refractivity contribution < 1.29 is 19.4 Å². The highest BCUT2D eigenvalue weighted by atomic mass is 16.5. The van der Waals surface area contributed by atoms with Crippen molar-refractivity contribution >= 4 is 12.1 Å². The van der Waals surface area contributed by atoms with Crippen LogP contribution in [0.4, 0.5) is 4.79 Å². The summed E-state index contributed by atoms with van der Waals surface area (Å²) in [5, 5.41) is 10.8. The summed E-state index contributed by atoms with van der Waals surface area (Å²) in [6.45, 7) is 6.06. The first-order chi connectivity index (χ1) is 10.9. The number of hydrogen-bond acceptors (Lipinski definition) is 4. The molecule has 1 aromatic heterocycles. The van der Waals surface area contributed by atoms with Gasteiger partial charge in [0.05, 0.1) is 6.61 Å². The van der Waals surface area contributed by atoms with Crippen LogP contribution in [0, 0.1) is 5.92 Å². The van der Waals surface area contributed by atoms with Crippen molar-refractivity contribution in [2.45, 2.75) is 39.7 Å². The minimum Gasteiger partial charge on any atom is -0.465 e. The number of nitrogens with one attached hydrogen (secondary N) is 1. The van der Waals surface area contributed by atoms with Gasteiger partial charge in [0.2, 0.25) is 0 Å². The Morgan fingerprint density at radius 2 is 2.09 bits per heavy atom. The molecular weight excluding hydrogens is 300 g/mol. The summed E-state index contributed by atoms with van der Waals surface area (Å²) in [6.07, 6.45) is 1.20. The predicted octanol–water partition coefficient (Wildman–Crippen LogP) is 1.81. The minimum atomic E-state index is -1.13. The van der Waals surface area contributed by atoms with Crippen molar-refractivity contribution in [2.75, 3.05) is 13.2 Å². The van der Waals surface area contributed by atoms with Crippen LogP contribution in [0.3, 0.4) is 0 Å². The second kappa shape index (κ2) is 8.97. The molecule has 0 aromatic carbocycles. The van der Waals surface area contributed by atoms with Crippen molar-refractivity contribution in [3.05, 3.63) is 34.2 Å². The monoisotopic (exact) mass is 324 g/mol. The fourth-order valence-corrected chi connectivity index (χ4v) is 2.30. The summed E-state index contributed by atoms with van der Waals surface area (Å²) in [5.74, 6) is -0.210. The molecule has 0 fully saturated rings. The van der Waals surface area contributed by atoms with E-state index in [4.69, 9.17) is 9.84 Å². The standard InChI is InChI=1S/C16H24N2O5/c1-4-23-15(20)13(10-11(2)3)18-9-5-6-12(14(18)19)7-8-17-16(21)22/h5-6,9,11,13,17H,4,7-8,10H2,1-3H3,(H,21,22). The molecule has 7 heteroatoms. The number of aromatic nitrogens is 1. The number of rotatable bonds is 8. The molecule has 0 saturated heterocycles. The number of pyridine rings is 1. The maximum Gasteiger partial charge on any atom is 0.404 e. The summed E-state index contributed by atoms with van der Waals surface area (Å²) in [4.78, 5) is 35.2. The zero-order valence-corrected chi connectivity index (χ0v) is 13.7. The smallest absolute Gasteiger partial charge is 0.404 e. The van der Waals surface area contributed by atoms with E-state index in [0.717, 1.165) is 0 Å². The summed E-state index contributed by atoms with van der Waals surface area (Å²) < 4.78 is 6.46. The number of ether oxygens (including phenoxy) is 1. The third-order valence-corrected chi connectivity index (χ3v) is 3.31. The first-order valence-corrected chi connectivity index (χ1v) is 7.70. The van der Waals surface area contributed by atoms with Crippen molar-refractivity contribution in [3.63, 3.8) is 0 Å². The third kappa shape index (κ3) is 5.77. The van der Waals surface area contributed by atoms with Gasteiger partial charge in [-0.05, 0) is 31.7 Å². The lowest BCUT2D eigenvalue weighted by molar-refractivity contribution is -0.147. The second-order valence-corrected chi connectivity index (χ2v) is 5.63. The highest BCUT2D eigenvalue weighted by Crippen LogP contribution is 2.18. The lowest BCUT2D eigenvalue weighted by Crippen LogP contribution is -2.34. The molecule has 1 atom stereocenters. The van der Waals surface area contributed by atoms with E-state index in [1.165, 1.54) is 4.57 Å². The van der Waals surface area contributed by atoms with Gasteiger partial charge in [-0.15, -0.1) is 0 Å². The molecular formula is C16H24N2O5. The number of esters is 1. The molecule has 1 aromatic rings. The van der Waals surface area contributed by atoms with Crippen LogP contribution < -0.4 is 10.9 Å². The molecule has 2 N–H and O–H groups in total. The van der Waals surface area contributed by atoms with E-state index in [1.807, 2.05) is 13.8 Å². The first kappa shape index (κ1) is 18.7. The highest BCUT2D eigenvalue weighted by Gasteiger charge is 2.24. The maximum absolute atomic E-state index is 12.6. The SMILES string of the molecule is CCOC(=O)C(CC(C)C)n1cccc(CCNC(=O)O)c1=O. The van der Waals surface area contributed by atoms with E-state index in [0.29, 0.717) is 12.0 Å². The van der Waals surface area contributed by atoms with E-state index >= 15 is 0 Å². The van der Waals surface area contributed by atoms with Crippen LogP contribution in [0.1, 0.15) is 38.8 Å². The van der Waals surface area contributed by atoms with Gasteiger partial charge >= 0.3 is 12.1 Å². The van der Waals surface area contributed by atoms with Crippen LogP contribution in [0.15, 0.2) is 23.1 Å². The first-order valence-electron chi connectivity index (χ1n) is 7.70. The number of amides is 1. The molecule has 0 saturated carbocycles. The van der Waals surface area contributed by atoms with Crippen molar-refractivity contribution in [1.82, 2.24) is 9.88 Å². The summed E-state index contributed by atoms with van der Waals surface area (Å²) in [5.41, 5.74) is 0.165. The van der Waals surface area contributed by atoms with Crippen molar-refractivity contribution in [1.29, 1.82) is 0 Å². The Hall–Kier alpha value is -2.31. The number of hydrogen-bond donors (Lipinski definition) is 2. The van der Waals surface area contributed by atoms with Gasteiger partial charge in [-0.2, -0.15) is 0 Å². The molecule has 1 rings (SSSR count). The number of nitrogens with zero attached hydrogens (tertiary/aromatic N) is 1. The van der Waals surface area contributed by atoms with Crippen LogP contribution in [-0.2, 0) is 16.0 Å². The van der Waals surface area contributed by atoms with Gasteiger partial charge in [0.25, 0.3) is 5.56 Å². The molecule has 0 radical (unpaired) electrons. The zero-order chi connectivity index (χ0) is 17.4. The highest BCUT2D eigenvalue weighted by molar-refractivity contribution is 5.74. The van der Waals surface area contributed by atoms with Crippen LogP contribution >= 0.6 is 0 Å². The van der Waals surface area contributed by atoms with E-state index in [-0.39, 0.29) is 31.0 Å². The molecule has 0 spiro atoms. The molecule has 128 valence electrons. The van der Waals surface area contributed by atoms with Crippen LogP contribution in [-0.4, -0.2) is 34.9 Å². The predicted molar refractivity (Wildman–Crippen MR) is 85.6 cm³/mol. The topological polar surface area (TPSA) is 97.6 Å². The Morgan fingerprint density at radius 1 is 1.39 bits per heavy atom. The van der Waals surface area contributed by atoms with Gasteiger partial charge in [-0.25, -0.2) is 9.59 Å². The van der Waals surface area contributed by atoms with Crippen LogP contribution in [0.25, 0.3) is 0 Å². The van der Waals surface area contributed by atoms with Gasteiger partial charge < -0.3 is 19.7 Å². The third-order valence-electron chi connectivity index (χ3n) is 3.31. The Labute approximate surface area is 135 Å². The van der Waals surface area contributed by atoms with E-state index < -0.39 is 18.1 Å². The number of carbonyl (C=O) groups is 2. The summed E-state index contributed by atoms with van der Waals surface area (Å²) in [7, 11) is 0. The van der Waals surface area contributed by atoms with E-state index in [1.54, 1.807) is 25.3 Å². The van der Waals surface area contributed by atoms with Crippen LogP contribution in [0.5, 0.6) is 0 Å². The quantitative estimate of drug-likeness (QED) is 0.711. The molecule has 7 nitrogen and oxygen atoms in total. The van der Waals surface area contributed by atoms with E-state index in [2.05, 4.69) is 5.32 Å². The Bertz CT molecular complexity index is 594. The van der Waals surface area contributed by atoms with Gasteiger partial charge in [0, 0.05) is 18.3 Å². The van der Waals surface area contributed by atoms with Gasteiger partial charge in [0.15, 0.2) is 0 Å². The molecule has 1 amide bonds. The number of carbonyl (C=O) groups excluding carboxylic acids is 1. The van der Waals surface area contributed by atoms with Gasteiger partial charge in [0.1, 0.15) is 6.04 Å². The summed E-state index contributed by atoms with van der Waals surface area (Å²) in [6, 6.07) is 2.65. The molecule has 1 heterocycles. The van der Waals surface area contributed by atoms with Gasteiger partial charge in [-0.3, -0.25) is 4.79 Å². The largest absolute Gasteiger partial charge is 0.465 e. The summed E-state index contributed by atoms with van der Waals surface area (Å²) >= 11 is 0. The molecule has 23 heavy (non-hydrogen) atoms. The average molecular weight is 324 g/mol. The van der Waals surface area contributed by atoms with Crippen molar-refractivity contribution in [3.8, 4) is 0 Å². The van der Waals surface area contributed by atoms with Gasteiger partial charge in [-0.1, -0.05) is 19.9 Å². The fourth-order valence-electron chi connectivity index (χ4n) is 2.30. The Morgan fingerprint density at radius 3 is 2.65 bits per heavy atom. The van der Waals surface area contributed by atoms with Crippen molar-refractivity contribution in [2.24, 2.45) is 5.92 Å². The molecule has 0 aliphatic rings. The second-order valence-electron chi connectivity index (χ2n) is 5.63. The lowest BCUT2D eigenvalue weighted by atomic mass is 10.0. The normalized spacial score (nSPS) is 12.0. The Balaban J connectivity index is 3.04. The maximum atomic E-state index is 12.6. The van der Waals surface area contributed by atoms with E-state index in [9.17, 15) is 14.4 Å². The molecule has 0 bridgehead atoms. The molecule has 0 aliphatic carbocycles. The van der Waals surface area contributed by atoms with Crippen LogP contribution in [0.2, 0.25) is 0 Å². The lowest BCUT2D eigenvalue weighted by Gasteiger charge is -2.20. The fraction of sp³-hybridized carbons (Fsp3) is 0.562. The Kier molecular flexibility index (Phi) is 7.31. The average Bonchev–Trinajstić information content (AvgIpc) is 2.46. The number of carboxylic acid groups (broad SMARTS) is 1. The molecule has 0 aliphatic heterocycles. The minimum absolute atomic E-state index is 0.142. The molecule has 1 unspecified atom stereocenters.